The molecule has 2 rings (SSSR count). The van der Waals surface area contributed by atoms with Crippen molar-refractivity contribution in [2.75, 3.05) is 5.33 Å². The van der Waals surface area contributed by atoms with Gasteiger partial charge in [0, 0.05) is 17.7 Å². The van der Waals surface area contributed by atoms with Crippen molar-refractivity contribution in [2.45, 2.75) is 32.1 Å². The molecule has 1 aromatic heterocycles. The van der Waals surface area contributed by atoms with Crippen molar-refractivity contribution < 1.29 is 0 Å². The summed E-state index contributed by atoms with van der Waals surface area (Å²) in [7, 11) is 0. The van der Waals surface area contributed by atoms with Gasteiger partial charge >= 0.3 is 0 Å². The summed E-state index contributed by atoms with van der Waals surface area (Å²) in [5, 5.41) is 0.993. The summed E-state index contributed by atoms with van der Waals surface area (Å²) in [6, 6.07) is 4.12. The number of halogens is 1. The number of rotatable bonds is 3. The molecule has 1 saturated carbocycles. The minimum Gasteiger partial charge on any atom is -0.264 e. The topological polar surface area (TPSA) is 12.9 Å². The number of alkyl halides is 1. The molecule has 0 aliphatic heterocycles. The Morgan fingerprint density at radius 1 is 1.38 bits per heavy atom. The lowest BCUT2D eigenvalue weighted by Crippen LogP contribution is -2.10. The van der Waals surface area contributed by atoms with Crippen LogP contribution in [0.5, 0.6) is 0 Å². The van der Waals surface area contributed by atoms with Crippen LogP contribution in [0.15, 0.2) is 30.1 Å². The quantitative estimate of drug-likeness (QED) is 0.746. The maximum Gasteiger partial charge on any atom is 0.0340 e. The highest BCUT2D eigenvalue weighted by Gasteiger charge is 2.16. The predicted molar refractivity (Wildman–Crippen MR) is 72.6 cm³/mol. The van der Waals surface area contributed by atoms with Crippen molar-refractivity contribution in [1.82, 2.24) is 4.98 Å². The van der Waals surface area contributed by atoms with Gasteiger partial charge in [-0.15, -0.1) is 0 Å². The molecule has 16 heavy (non-hydrogen) atoms. The molecule has 86 valence electrons. The van der Waals surface area contributed by atoms with Crippen LogP contribution in [0.3, 0.4) is 0 Å². The maximum atomic E-state index is 4.16. The third-order valence-electron chi connectivity index (χ3n) is 3.32. The Bertz CT molecular complexity index is 339. The molecule has 0 spiro atoms. The van der Waals surface area contributed by atoms with Gasteiger partial charge in [0.05, 0.1) is 0 Å². The summed E-state index contributed by atoms with van der Waals surface area (Å²) in [6.45, 7) is 0. The highest BCUT2D eigenvalue weighted by Crippen LogP contribution is 2.31. The lowest BCUT2D eigenvalue weighted by Gasteiger charge is -2.23. The maximum absolute atomic E-state index is 4.16. The summed E-state index contributed by atoms with van der Waals surface area (Å²) < 4.78 is 0. The average Bonchev–Trinajstić information content (AvgIpc) is 2.38. The first-order chi connectivity index (χ1) is 7.90. The molecule has 0 aromatic carbocycles. The summed E-state index contributed by atoms with van der Waals surface area (Å²) in [6.07, 6.45) is 13.0. The number of allylic oxidation sites excluding steroid dienone is 1. The zero-order valence-corrected chi connectivity index (χ0v) is 11.1. The molecule has 0 bridgehead atoms. The van der Waals surface area contributed by atoms with Crippen LogP contribution in [0.4, 0.5) is 0 Å². The van der Waals surface area contributed by atoms with Gasteiger partial charge in [-0.2, -0.15) is 0 Å². The highest BCUT2D eigenvalue weighted by molar-refractivity contribution is 9.09. The number of nitrogens with zero attached hydrogens (tertiary/aromatic N) is 1. The first-order valence-electron chi connectivity index (χ1n) is 6.06. The first-order valence-corrected chi connectivity index (χ1v) is 7.19. The summed E-state index contributed by atoms with van der Waals surface area (Å²) in [5.41, 5.74) is 2.76. The van der Waals surface area contributed by atoms with E-state index >= 15 is 0 Å². The number of hydrogen-bond acceptors (Lipinski definition) is 1. The fourth-order valence-corrected chi connectivity index (χ4v) is 3.03. The average molecular weight is 280 g/mol. The van der Waals surface area contributed by atoms with Gasteiger partial charge in [-0.25, -0.2) is 0 Å². The van der Waals surface area contributed by atoms with Crippen molar-refractivity contribution >= 4 is 22.0 Å². The lowest BCUT2D eigenvalue weighted by atomic mass is 9.84. The molecule has 0 radical (unpaired) electrons. The Hall–Kier alpha value is -0.630. The van der Waals surface area contributed by atoms with Crippen LogP contribution in [0.2, 0.25) is 0 Å². The van der Waals surface area contributed by atoms with Crippen LogP contribution < -0.4 is 0 Å². The lowest BCUT2D eigenvalue weighted by molar-refractivity contribution is 0.405. The zero-order chi connectivity index (χ0) is 11.2. The van der Waals surface area contributed by atoms with E-state index in [0.29, 0.717) is 0 Å². The van der Waals surface area contributed by atoms with E-state index in [1.165, 1.54) is 43.2 Å². The van der Waals surface area contributed by atoms with Gasteiger partial charge in [0.25, 0.3) is 0 Å². The highest BCUT2D eigenvalue weighted by atomic mass is 79.9. The number of hydrogen-bond donors (Lipinski definition) is 0. The van der Waals surface area contributed by atoms with E-state index in [1.54, 1.807) is 0 Å². The first kappa shape index (κ1) is 11.8. The molecule has 0 atom stereocenters. The molecule has 0 saturated heterocycles. The molecule has 0 amide bonds. The van der Waals surface area contributed by atoms with Crippen LogP contribution >= 0.6 is 15.9 Å². The van der Waals surface area contributed by atoms with Crippen LogP contribution in [0, 0.1) is 5.92 Å². The minimum atomic E-state index is 0.785. The minimum absolute atomic E-state index is 0.785. The van der Waals surface area contributed by atoms with Crippen molar-refractivity contribution in [1.29, 1.82) is 0 Å². The SMILES string of the molecule is BrCC(=Cc1cccnc1)C1CCCCC1. The molecule has 1 aliphatic carbocycles. The van der Waals surface area contributed by atoms with Gasteiger partial charge in [-0.3, -0.25) is 4.98 Å². The fraction of sp³-hybridized carbons (Fsp3) is 0.500. The van der Waals surface area contributed by atoms with E-state index in [-0.39, 0.29) is 0 Å². The van der Waals surface area contributed by atoms with E-state index in [2.05, 4.69) is 33.1 Å². The summed E-state index contributed by atoms with van der Waals surface area (Å²) >= 11 is 3.62. The van der Waals surface area contributed by atoms with E-state index in [9.17, 15) is 0 Å². The Morgan fingerprint density at radius 2 is 2.19 bits per heavy atom. The predicted octanol–water partition coefficient (Wildman–Crippen LogP) is 4.44. The fourth-order valence-electron chi connectivity index (χ4n) is 2.41. The normalized spacial score (nSPS) is 18.7. The second-order valence-electron chi connectivity index (χ2n) is 4.47. The molecule has 0 N–H and O–H groups in total. The van der Waals surface area contributed by atoms with Crippen LogP contribution in [0.25, 0.3) is 6.08 Å². The second kappa shape index (κ2) is 6.19. The van der Waals surface area contributed by atoms with Gasteiger partial charge < -0.3 is 0 Å². The van der Waals surface area contributed by atoms with E-state index < -0.39 is 0 Å². The van der Waals surface area contributed by atoms with E-state index in [4.69, 9.17) is 0 Å². The molecule has 1 heterocycles. The van der Waals surface area contributed by atoms with Gasteiger partial charge in [-0.1, -0.05) is 52.9 Å². The van der Waals surface area contributed by atoms with Crippen LogP contribution in [-0.2, 0) is 0 Å². The van der Waals surface area contributed by atoms with Crippen molar-refractivity contribution in [3.8, 4) is 0 Å². The summed E-state index contributed by atoms with van der Waals surface area (Å²) in [5.74, 6) is 0.785. The van der Waals surface area contributed by atoms with Crippen LogP contribution in [0.1, 0.15) is 37.7 Å². The Balaban J connectivity index is 2.12. The van der Waals surface area contributed by atoms with Gasteiger partial charge in [0.1, 0.15) is 0 Å². The number of pyridine rings is 1. The Morgan fingerprint density at radius 3 is 2.81 bits per heavy atom. The van der Waals surface area contributed by atoms with Crippen molar-refractivity contribution in [2.24, 2.45) is 5.92 Å². The number of aromatic nitrogens is 1. The zero-order valence-electron chi connectivity index (χ0n) is 9.53. The van der Waals surface area contributed by atoms with E-state index in [0.717, 1.165) is 11.2 Å². The molecular formula is C14H18BrN. The molecular weight excluding hydrogens is 262 g/mol. The van der Waals surface area contributed by atoms with Crippen LogP contribution in [-0.4, -0.2) is 10.3 Å². The smallest absolute Gasteiger partial charge is 0.0340 e. The van der Waals surface area contributed by atoms with E-state index in [1.807, 2.05) is 18.5 Å². The second-order valence-corrected chi connectivity index (χ2v) is 5.03. The van der Waals surface area contributed by atoms with Gasteiger partial charge in [0.15, 0.2) is 0 Å². The third-order valence-corrected chi connectivity index (χ3v) is 3.97. The van der Waals surface area contributed by atoms with Crippen molar-refractivity contribution in [3.05, 3.63) is 35.7 Å². The Kier molecular flexibility index (Phi) is 4.58. The van der Waals surface area contributed by atoms with Crippen molar-refractivity contribution in [3.63, 3.8) is 0 Å². The largest absolute Gasteiger partial charge is 0.264 e. The molecule has 0 unspecified atom stereocenters. The summed E-state index contributed by atoms with van der Waals surface area (Å²) in [4.78, 5) is 4.16. The molecule has 1 fully saturated rings. The molecule has 1 aromatic rings. The Labute approximate surface area is 106 Å². The van der Waals surface area contributed by atoms with Gasteiger partial charge in [0.2, 0.25) is 0 Å². The molecule has 1 nitrogen and oxygen atoms in total. The third kappa shape index (κ3) is 3.18. The monoisotopic (exact) mass is 279 g/mol. The standard InChI is InChI=1S/C14H18BrN/c15-10-14(13-6-2-1-3-7-13)9-12-5-4-8-16-11-12/h4-5,8-9,11,13H,1-3,6-7,10H2. The molecule has 1 aliphatic rings. The molecule has 2 heteroatoms. The van der Waals surface area contributed by atoms with Gasteiger partial charge in [-0.05, 0) is 30.4 Å².